The van der Waals surface area contributed by atoms with E-state index in [2.05, 4.69) is 25.4 Å². The molecule has 10 nitrogen and oxygen atoms in total. The Kier molecular flexibility index (Phi) is 13.0. The second-order valence-electron chi connectivity index (χ2n) is 15.4. The summed E-state index contributed by atoms with van der Waals surface area (Å²) in [6.45, 7) is 23.6. The standard InChI is InChI=1S/C14H17BF2O4.C12H24B2O4.C8H5BrF2O2/c1-13(2)14(3,4)21-15(20-13)8-6-9(16)11(10(17)7-8)12(18)19-5;1-9(2)10(3,4)16-13(15-9)14-17-11(5,6)12(7,8)18-14;1-13-8(12)7-5(10)2-4(9)3-6(7)11/h6-7H,1-5H3;1-8H3;2-3H,1H3. The number of rotatable bonds is 4. The van der Waals surface area contributed by atoms with Gasteiger partial charge in [-0.25, -0.2) is 27.2 Å². The van der Waals surface area contributed by atoms with Crippen LogP contribution in [-0.4, -0.2) is 80.9 Å². The van der Waals surface area contributed by atoms with Crippen molar-refractivity contribution in [2.24, 2.45) is 0 Å². The third-order valence-corrected chi connectivity index (χ3v) is 10.6. The molecule has 3 heterocycles. The summed E-state index contributed by atoms with van der Waals surface area (Å²) in [7, 11) is 0.268. The fourth-order valence-electron chi connectivity index (χ4n) is 4.84. The number of methoxy groups -OCH3 is 2. The maximum absolute atomic E-state index is 13.9. The summed E-state index contributed by atoms with van der Waals surface area (Å²) in [4.78, 5) is 22.2. The van der Waals surface area contributed by atoms with E-state index in [9.17, 15) is 27.2 Å². The Labute approximate surface area is 312 Å². The molecular formula is C34H46B3BrF4O10. The van der Waals surface area contributed by atoms with Crippen LogP contribution in [0.5, 0.6) is 0 Å². The van der Waals surface area contributed by atoms with Crippen LogP contribution in [-0.2, 0) is 37.4 Å². The minimum absolute atomic E-state index is 0.177. The lowest BCUT2D eigenvalue weighted by Crippen LogP contribution is -2.41. The van der Waals surface area contributed by atoms with Crippen molar-refractivity contribution >= 4 is 54.5 Å². The van der Waals surface area contributed by atoms with Crippen molar-refractivity contribution in [2.45, 2.75) is 117 Å². The average molecular weight is 803 g/mol. The van der Waals surface area contributed by atoms with Crippen LogP contribution in [0.15, 0.2) is 28.7 Å². The van der Waals surface area contributed by atoms with Crippen LogP contribution in [0.3, 0.4) is 0 Å². The molecule has 0 N–H and O–H groups in total. The van der Waals surface area contributed by atoms with E-state index in [1.165, 1.54) is 0 Å². The fourth-order valence-corrected chi connectivity index (χ4v) is 5.25. The molecule has 0 saturated carbocycles. The van der Waals surface area contributed by atoms with Crippen LogP contribution in [0.1, 0.15) is 104 Å². The van der Waals surface area contributed by atoms with Crippen molar-refractivity contribution in [3.63, 3.8) is 0 Å². The summed E-state index contributed by atoms with van der Waals surface area (Å²) in [5.41, 5.74) is -3.90. The molecule has 0 spiro atoms. The number of hydrogen-bond donors (Lipinski definition) is 0. The normalized spacial score (nSPS) is 21.5. The van der Waals surface area contributed by atoms with E-state index in [-0.39, 0.29) is 32.3 Å². The number of hydrogen-bond acceptors (Lipinski definition) is 10. The van der Waals surface area contributed by atoms with Gasteiger partial charge >= 0.3 is 33.1 Å². The second kappa shape index (κ2) is 15.3. The van der Waals surface area contributed by atoms with E-state index in [0.717, 1.165) is 38.5 Å². The number of benzene rings is 2. The molecule has 3 fully saturated rings. The molecule has 0 unspecified atom stereocenters. The first-order chi connectivity index (χ1) is 23.5. The Morgan fingerprint density at radius 1 is 0.519 bits per heavy atom. The minimum Gasteiger partial charge on any atom is -0.465 e. The predicted molar refractivity (Wildman–Crippen MR) is 191 cm³/mol. The highest BCUT2D eigenvalue weighted by molar-refractivity contribution is 9.10. The van der Waals surface area contributed by atoms with Crippen molar-refractivity contribution in [2.75, 3.05) is 14.2 Å². The van der Waals surface area contributed by atoms with Gasteiger partial charge < -0.3 is 37.4 Å². The van der Waals surface area contributed by atoms with E-state index in [0.29, 0.717) is 0 Å². The molecule has 3 aliphatic heterocycles. The summed E-state index contributed by atoms with van der Waals surface area (Å²) >= 11 is 2.89. The molecule has 3 aliphatic rings. The highest BCUT2D eigenvalue weighted by Crippen LogP contribution is 2.43. The lowest BCUT2D eigenvalue weighted by Gasteiger charge is -2.32. The molecule has 3 saturated heterocycles. The number of carbonyl (C=O) groups is 2. The van der Waals surface area contributed by atoms with Gasteiger partial charge in [0.15, 0.2) is 0 Å². The topological polar surface area (TPSA) is 108 Å². The van der Waals surface area contributed by atoms with Gasteiger partial charge in [0.05, 0.1) is 47.8 Å². The number of ether oxygens (including phenoxy) is 2. The second-order valence-corrected chi connectivity index (χ2v) is 16.3. The van der Waals surface area contributed by atoms with Gasteiger partial charge in [0.2, 0.25) is 0 Å². The zero-order valence-electron chi connectivity index (χ0n) is 32.0. The van der Waals surface area contributed by atoms with Gasteiger partial charge in [0, 0.05) is 4.47 Å². The summed E-state index contributed by atoms with van der Waals surface area (Å²) in [5.74, 6) is -6.00. The van der Waals surface area contributed by atoms with Gasteiger partial charge in [-0.05, 0) is 113 Å². The molecule has 0 bridgehead atoms. The van der Waals surface area contributed by atoms with Crippen LogP contribution in [0.4, 0.5) is 17.6 Å². The van der Waals surface area contributed by atoms with E-state index in [4.69, 9.17) is 27.9 Å². The van der Waals surface area contributed by atoms with Crippen molar-refractivity contribution in [1.29, 1.82) is 0 Å². The summed E-state index contributed by atoms with van der Waals surface area (Å²) < 4.78 is 97.9. The average Bonchev–Trinajstić information content (AvgIpc) is 3.45. The van der Waals surface area contributed by atoms with Crippen LogP contribution < -0.4 is 5.46 Å². The van der Waals surface area contributed by atoms with Gasteiger partial charge in [-0.3, -0.25) is 0 Å². The molecule has 0 atom stereocenters. The Balaban J connectivity index is 0.000000216. The smallest absolute Gasteiger partial charge is 0.465 e. The van der Waals surface area contributed by atoms with Crippen LogP contribution in [0, 0.1) is 23.3 Å². The molecule has 2 aromatic rings. The highest BCUT2D eigenvalue weighted by atomic mass is 79.9. The predicted octanol–water partition coefficient (Wildman–Crippen LogP) is 6.81. The Morgan fingerprint density at radius 2 is 0.769 bits per heavy atom. The van der Waals surface area contributed by atoms with Gasteiger partial charge in [-0.1, -0.05) is 15.9 Å². The fraction of sp³-hybridized carbons (Fsp3) is 0.588. The third-order valence-electron chi connectivity index (χ3n) is 10.1. The molecule has 0 amide bonds. The maximum atomic E-state index is 13.9. The molecule has 5 rings (SSSR count). The van der Waals surface area contributed by atoms with Gasteiger partial charge in [0.25, 0.3) is 0 Å². The first-order valence-corrected chi connectivity index (χ1v) is 17.2. The maximum Gasteiger partial charge on any atom is 0.495 e. The van der Waals surface area contributed by atoms with E-state index < -0.39 is 78.7 Å². The highest BCUT2D eigenvalue weighted by Gasteiger charge is 2.63. The molecular weight excluding hydrogens is 757 g/mol. The summed E-state index contributed by atoms with van der Waals surface area (Å²) in [5, 5.41) is 0. The lowest BCUT2D eigenvalue weighted by molar-refractivity contribution is 0.00578. The van der Waals surface area contributed by atoms with Crippen molar-refractivity contribution in [1.82, 2.24) is 0 Å². The molecule has 286 valence electrons. The SMILES string of the molecule is CC1(C)OB(B2OC(C)(C)C(C)(C)O2)OC1(C)C.COC(=O)c1c(F)cc(B2OC(C)(C)C(C)(C)O2)cc1F.COC(=O)c1c(F)cc(Br)cc1F. The first kappa shape index (κ1) is 43.9. The zero-order valence-corrected chi connectivity index (χ0v) is 33.6. The molecule has 0 aliphatic carbocycles. The lowest BCUT2D eigenvalue weighted by atomic mass is 9.49. The van der Waals surface area contributed by atoms with E-state index in [1.807, 2.05) is 83.1 Å². The molecule has 18 heteroatoms. The molecule has 2 aromatic carbocycles. The van der Waals surface area contributed by atoms with Crippen molar-refractivity contribution in [3.8, 4) is 0 Å². The molecule has 52 heavy (non-hydrogen) atoms. The van der Waals surface area contributed by atoms with Crippen molar-refractivity contribution < 1.29 is 64.6 Å². The largest absolute Gasteiger partial charge is 0.495 e. The Bertz CT molecular complexity index is 1540. The summed E-state index contributed by atoms with van der Waals surface area (Å²) in [6, 6.07) is 4.04. The summed E-state index contributed by atoms with van der Waals surface area (Å²) in [6.07, 6.45) is 0. The van der Waals surface area contributed by atoms with Crippen molar-refractivity contribution in [3.05, 3.63) is 63.1 Å². The minimum atomic E-state index is -1.06. The van der Waals surface area contributed by atoms with Gasteiger partial charge in [0.1, 0.15) is 34.4 Å². The Hall–Kier alpha value is -2.47. The monoisotopic (exact) mass is 802 g/mol. The van der Waals surface area contributed by atoms with Gasteiger partial charge in [-0.15, -0.1) is 0 Å². The molecule has 0 radical (unpaired) electrons. The third kappa shape index (κ3) is 9.07. The van der Waals surface area contributed by atoms with E-state index in [1.54, 1.807) is 0 Å². The van der Waals surface area contributed by atoms with Crippen LogP contribution in [0.25, 0.3) is 0 Å². The zero-order chi connectivity index (χ0) is 40.0. The Morgan fingerprint density at radius 3 is 1.04 bits per heavy atom. The van der Waals surface area contributed by atoms with Crippen LogP contribution >= 0.6 is 15.9 Å². The number of carbonyl (C=O) groups excluding carboxylic acids is 2. The van der Waals surface area contributed by atoms with E-state index >= 15 is 0 Å². The molecule has 0 aromatic heterocycles. The van der Waals surface area contributed by atoms with Crippen LogP contribution in [0.2, 0.25) is 0 Å². The number of esters is 2. The number of halogens is 5. The van der Waals surface area contributed by atoms with Gasteiger partial charge in [-0.2, -0.15) is 0 Å². The first-order valence-electron chi connectivity index (χ1n) is 16.4. The quantitative estimate of drug-likeness (QED) is 0.186.